The van der Waals surface area contributed by atoms with Gasteiger partial charge in [-0.1, -0.05) is 0 Å². The van der Waals surface area contributed by atoms with Gasteiger partial charge in [-0.25, -0.2) is 14.3 Å². The van der Waals surface area contributed by atoms with E-state index in [1.165, 1.54) is 16.6 Å². The van der Waals surface area contributed by atoms with Crippen molar-refractivity contribution in [2.75, 3.05) is 17.7 Å². The third kappa shape index (κ3) is 4.16. The number of hydrogen-bond acceptors (Lipinski definition) is 6. The number of nitrogens with two attached hydrogens (primary N) is 1. The molecule has 0 unspecified atom stereocenters. The molecule has 0 aliphatic carbocycles. The highest BCUT2D eigenvalue weighted by atomic mass is 19.4. The van der Waals surface area contributed by atoms with E-state index in [1.807, 2.05) is 0 Å². The summed E-state index contributed by atoms with van der Waals surface area (Å²) in [4.78, 5) is 16.3. The highest BCUT2D eigenvalue weighted by Gasteiger charge is 2.31. The number of nitrogens with one attached hydrogen (secondary N) is 1. The molecule has 10 heteroatoms. The van der Waals surface area contributed by atoms with Crippen molar-refractivity contribution in [2.24, 2.45) is 0 Å². The number of aryl methyl sites for hydroxylation is 1. The van der Waals surface area contributed by atoms with Crippen LogP contribution in [0.25, 0.3) is 5.52 Å². The van der Waals surface area contributed by atoms with Crippen LogP contribution in [0, 0.1) is 6.92 Å². The van der Waals surface area contributed by atoms with Gasteiger partial charge in [0.25, 0.3) is 0 Å². The Hall–Kier alpha value is -3.30. The Kier molecular flexibility index (Phi) is 5.12. The van der Waals surface area contributed by atoms with Gasteiger partial charge < -0.3 is 15.8 Å². The molecule has 0 atom stereocenters. The molecule has 3 rings (SSSR count). The van der Waals surface area contributed by atoms with E-state index < -0.39 is 17.7 Å². The molecule has 28 heavy (non-hydrogen) atoms. The third-order valence-electron chi connectivity index (χ3n) is 3.86. The van der Waals surface area contributed by atoms with Crippen LogP contribution < -0.4 is 11.1 Å². The van der Waals surface area contributed by atoms with Crippen molar-refractivity contribution in [3.05, 3.63) is 53.0 Å². The maximum atomic E-state index is 13.0. The number of halogens is 3. The van der Waals surface area contributed by atoms with E-state index >= 15 is 0 Å². The molecular formula is C18H18F3N5O2. The zero-order valence-electron chi connectivity index (χ0n) is 15.2. The van der Waals surface area contributed by atoms with Crippen LogP contribution in [0.3, 0.4) is 0 Å². The highest BCUT2D eigenvalue weighted by molar-refractivity contribution is 5.90. The van der Waals surface area contributed by atoms with Crippen LogP contribution in [0.5, 0.6) is 0 Å². The summed E-state index contributed by atoms with van der Waals surface area (Å²) in [6.07, 6.45) is -2.86. The van der Waals surface area contributed by atoms with Crippen LogP contribution in [-0.4, -0.2) is 27.2 Å². The Balaban J connectivity index is 1.90. The van der Waals surface area contributed by atoms with E-state index in [1.54, 1.807) is 20.0 Å². The topological polar surface area (TPSA) is 94.5 Å². The largest absolute Gasteiger partial charge is 0.461 e. The lowest BCUT2D eigenvalue weighted by Crippen LogP contribution is -2.09. The Morgan fingerprint density at radius 1 is 1.29 bits per heavy atom. The van der Waals surface area contributed by atoms with Gasteiger partial charge in [-0.2, -0.15) is 18.3 Å². The number of anilines is 2. The van der Waals surface area contributed by atoms with Crippen LogP contribution in [0.4, 0.5) is 24.7 Å². The molecule has 0 saturated carbocycles. The number of alkyl halides is 3. The minimum absolute atomic E-state index is 0.0166. The van der Waals surface area contributed by atoms with E-state index in [0.29, 0.717) is 22.6 Å². The quantitative estimate of drug-likeness (QED) is 0.510. The number of nitrogen functional groups attached to an aromatic ring is 1. The molecule has 0 bridgehead atoms. The summed E-state index contributed by atoms with van der Waals surface area (Å²) in [5.41, 5.74) is 6.35. The minimum atomic E-state index is -4.49. The van der Waals surface area contributed by atoms with E-state index in [4.69, 9.17) is 10.5 Å². The van der Waals surface area contributed by atoms with Gasteiger partial charge in [0.2, 0.25) is 0 Å². The molecule has 148 valence electrons. The number of carbonyl (C=O) groups is 1. The second kappa shape index (κ2) is 7.37. The van der Waals surface area contributed by atoms with Gasteiger partial charge >= 0.3 is 12.1 Å². The predicted octanol–water partition coefficient (Wildman–Crippen LogP) is 3.43. The first-order valence-electron chi connectivity index (χ1n) is 8.42. The third-order valence-corrected chi connectivity index (χ3v) is 3.86. The van der Waals surface area contributed by atoms with Crippen molar-refractivity contribution < 1.29 is 22.7 Å². The number of fused-ring (bicyclic) bond motifs is 1. The van der Waals surface area contributed by atoms with Crippen molar-refractivity contribution in [3.63, 3.8) is 0 Å². The fourth-order valence-electron chi connectivity index (χ4n) is 2.71. The van der Waals surface area contributed by atoms with E-state index in [-0.39, 0.29) is 24.5 Å². The second-order valence-corrected chi connectivity index (χ2v) is 6.13. The molecule has 0 spiro atoms. The van der Waals surface area contributed by atoms with Gasteiger partial charge in [-0.05, 0) is 37.6 Å². The lowest BCUT2D eigenvalue weighted by molar-refractivity contribution is -0.137. The maximum absolute atomic E-state index is 13.0. The minimum Gasteiger partial charge on any atom is -0.461 e. The summed E-state index contributed by atoms with van der Waals surface area (Å²) in [6, 6.07) is 4.87. The lowest BCUT2D eigenvalue weighted by Gasteiger charge is -2.12. The Bertz CT molecular complexity index is 1030. The fraction of sp³-hybridized carbons (Fsp3) is 0.278. The highest BCUT2D eigenvalue weighted by Crippen LogP contribution is 2.31. The average Bonchev–Trinajstić information content (AvgIpc) is 3.02. The number of rotatable bonds is 5. The van der Waals surface area contributed by atoms with Crippen LogP contribution in [-0.2, 0) is 17.5 Å². The van der Waals surface area contributed by atoms with Crippen LogP contribution in [0.15, 0.2) is 30.5 Å². The molecule has 0 radical (unpaired) electrons. The Labute approximate surface area is 158 Å². The van der Waals surface area contributed by atoms with E-state index in [2.05, 4.69) is 15.4 Å². The Morgan fingerprint density at radius 3 is 2.71 bits per heavy atom. The first-order valence-corrected chi connectivity index (χ1v) is 8.42. The summed E-state index contributed by atoms with van der Waals surface area (Å²) < 4.78 is 45.3. The van der Waals surface area contributed by atoms with Gasteiger partial charge in [-0.3, -0.25) is 0 Å². The summed E-state index contributed by atoms with van der Waals surface area (Å²) in [7, 11) is 0. The first-order chi connectivity index (χ1) is 13.2. The van der Waals surface area contributed by atoms with Crippen LogP contribution in [0.2, 0.25) is 0 Å². The van der Waals surface area contributed by atoms with Crippen LogP contribution >= 0.6 is 0 Å². The normalized spacial score (nSPS) is 11.6. The summed E-state index contributed by atoms with van der Waals surface area (Å²) >= 11 is 0. The monoisotopic (exact) mass is 393 g/mol. The van der Waals surface area contributed by atoms with Crippen molar-refractivity contribution >= 4 is 23.0 Å². The summed E-state index contributed by atoms with van der Waals surface area (Å²) in [5, 5.41) is 7.15. The molecule has 0 amide bonds. The number of nitrogens with zero attached hydrogens (tertiary/aromatic N) is 3. The van der Waals surface area contributed by atoms with Gasteiger partial charge in [-0.15, -0.1) is 0 Å². The van der Waals surface area contributed by atoms with Crippen LogP contribution in [0.1, 0.15) is 34.2 Å². The van der Waals surface area contributed by atoms with E-state index in [9.17, 15) is 18.0 Å². The molecule has 0 saturated heterocycles. The molecule has 1 aromatic carbocycles. The number of benzene rings is 1. The zero-order valence-corrected chi connectivity index (χ0v) is 15.2. The molecule has 2 heterocycles. The second-order valence-electron chi connectivity index (χ2n) is 6.13. The molecule has 7 nitrogen and oxygen atoms in total. The molecule has 3 aromatic rings. The lowest BCUT2D eigenvalue weighted by atomic mass is 10.1. The van der Waals surface area contributed by atoms with Gasteiger partial charge in [0.05, 0.1) is 24.1 Å². The predicted molar refractivity (Wildman–Crippen MR) is 96.9 cm³/mol. The van der Waals surface area contributed by atoms with Crippen molar-refractivity contribution in [1.29, 1.82) is 0 Å². The Morgan fingerprint density at radius 2 is 2.04 bits per heavy atom. The van der Waals surface area contributed by atoms with Crippen molar-refractivity contribution in [2.45, 2.75) is 26.6 Å². The molecular weight excluding hydrogens is 375 g/mol. The number of ether oxygens (including phenoxy) is 1. The molecule has 2 aromatic heterocycles. The van der Waals surface area contributed by atoms with Crippen molar-refractivity contribution in [3.8, 4) is 0 Å². The molecule has 0 aliphatic heterocycles. The molecule has 3 N–H and O–H groups in total. The van der Waals surface area contributed by atoms with Gasteiger partial charge in [0, 0.05) is 18.3 Å². The number of esters is 1. The van der Waals surface area contributed by atoms with E-state index in [0.717, 1.165) is 12.1 Å². The summed E-state index contributed by atoms with van der Waals surface area (Å²) in [6.45, 7) is 3.69. The number of carbonyl (C=O) groups excluding carboxylic acids is 1. The van der Waals surface area contributed by atoms with Gasteiger partial charge in [0.1, 0.15) is 5.52 Å². The number of aromatic nitrogens is 3. The molecule has 0 aliphatic rings. The SMILES string of the molecule is CCOC(=O)c1cc2c(NCc3cc(N)cc(C(F)(F)F)c3)nc(C)cn2n1. The standard InChI is InChI=1S/C18H18F3N5O2/c1-3-28-17(27)14-7-15-16(24-10(2)9-26(15)25-14)23-8-11-4-12(18(19,20)21)6-13(22)5-11/h4-7,9H,3,8,22H2,1-2H3,(H,23,24). The summed E-state index contributed by atoms with van der Waals surface area (Å²) in [5.74, 6) is -0.195. The fourth-order valence-corrected chi connectivity index (χ4v) is 2.71. The first kappa shape index (κ1) is 19.5. The number of hydrogen-bond donors (Lipinski definition) is 2. The zero-order chi connectivity index (χ0) is 20.5. The molecule has 0 fully saturated rings. The smallest absolute Gasteiger partial charge is 0.416 e. The van der Waals surface area contributed by atoms with Crippen molar-refractivity contribution in [1.82, 2.24) is 14.6 Å². The maximum Gasteiger partial charge on any atom is 0.416 e. The van der Waals surface area contributed by atoms with Gasteiger partial charge in [0.15, 0.2) is 11.5 Å². The average molecular weight is 393 g/mol.